The van der Waals surface area contributed by atoms with Crippen molar-refractivity contribution in [3.8, 4) is 0 Å². The average Bonchev–Trinajstić information content (AvgIpc) is 3.04. The quantitative estimate of drug-likeness (QED) is 0.761. The predicted molar refractivity (Wildman–Crippen MR) is 97.6 cm³/mol. The zero-order valence-electron chi connectivity index (χ0n) is 16.7. The molecule has 25 heavy (non-hydrogen) atoms. The summed E-state index contributed by atoms with van der Waals surface area (Å²) in [5.41, 5.74) is 0.505. The molecule has 0 aromatic carbocycles. The first-order valence-electron chi connectivity index (χ1n) is 8.92. The molecule has 0 unspecified atom stereocenters. The van der Waals surface area contributed by atoms with Gasteiger partial charge < -0.3 is 23.4 Å². The van der Waals surface area contributed by atoms with Gasteiger partial charge in [0.15, 0.2) is 20.5 Å². The first-order chi connectivity index (χ1) is 11.3. The minimum atomic E-state index is -1.93. The highest BCUT2D eigenvalue weighted by Crippen LogP contribution is 2.40. The Hall–Kier alpha value is -0.733. The molecule has 0 bridgehead atoms. The van der Waals surface area contributed by atoms with Gasteiger partial charge >= 0.3 is 0 Å². The Morgan fingerprint density at radius 2 is 1.96 bits per heavy atom. The van der Waals surface area contributed by atoms with Crippen LogP contribution in [-0.4, -0.2) is 42.5 Å². The molecule has 2 rings (SSSR count). The van der Waals surface area contributed by atoms with Gasteiger partial charge in [0.1, 0.15) is 24.2 Å². The van der Waals surface area contributed by atoms with Crippen LogP contribution in [0.5, 0.6) is 0 Å². The molecule has 1 fully saturated rings. The van der Waals surface area contributed by atoms with Gasteiger partial charge in [-0.25, -0.2) is 4.98 Å². The summed E-state index contributed by atoms with van der Waals surface area (Å²) in [6, 6.07) is 0. The summed E-state index contributed by atoms with van der Waals surface area (Å²) in [4.78, 5) is 4.02. The molecule has 1 N–H and O–H groups in total. The van der Waals surface area contributed by atoms with E-state index in [9.17, 15) is 5.11 Å². The highest BCUT2D eigenvalue weighted by molar-refractivity contribution is 6.74. The maximum absolute atomic E-state index is 10.4. The van der Waals surface area contributed by atoms with Crippen molar-refractivity contribution in [1.29, 1.82) is 0 Å². The van der Waals surface area contributed by atoms with Gasteiger partial charge in [0.05, 0.1) is 12.2 Å². The zero-order chi connectivity index (χ0) is 19.0. The summed E-state index contributed by atoms with van der Waals surface area (Å²) in [7, 11) is -1.93. The minimum Gasteiger partial charge on any atom is -0.451 e. The van der Waals surface area contributed by atoms with E-state index in [-0.39, 0.29) is 23.4 Å². The number of hydrogen-bond acceptors (Lipinski definition) is 6. The van der Waals surface area contributed by atoms with Gasteiger partial charge in [-0.3, -0.25) is 0 Å². The maximum atomic E-state index is 10.4. The van der Waals surface area contributed by atoms with E-state index in [1.165, 1.54) is 12.7 Å². The third-order valence-electron chi connectivity index (χ3n) is 5.22. The van der Waals surface area contributed by atoms with E-state index in [1.54, 1.807) is 0 Å². The third-order valence-corrected chi connectivity index (χ3v) is 9.79. The number of aliphatic hydroxyl groups is 1. The second-order valence-corrected chi connectivity index (χ2v) is 13.6. The van der Waals surface area contributed by atoms with Gasteiger partial charge in [-0.1, -0.05) is 20.8 Å². The number of hydrogen-bond donors (Lipinski definition) is 1. The number of rotatable bonds is 6. The smallest absolute Gasteiger partial charge is 0.192 e. The Morgan fingerprint density at radius 1 is 1.32 bits per heavy atom. The zero-order valence-corrected chi connectivity index (χ0v) is 17.7. The molecule has 1 aliphatic heterocycles. The van der Waals surface area contributed by atoms with Crippen LogP contribution in [0, 0.1) is 0 Å². The second kappa shape index (κ2) is 7.11. The van der Waals surface area contributed by atoms with Crippen molar-refractivity contribution in [2.24, 2.45) is 0 Å². The Balaban J connectivity index is 2.10. The van der Waals surface area contributed by atoms with E-state index >= 15 is 0 Å². The van der Waals surface area contributed by atoms with Crippen molar-refractivity contribution in [1.82, 2.24) is 4.98 Å². The van der Waals surface area contributed by atoms with Crippen molar-refractivity contribution in [3.05, 3.63) is 18.4 Å². The lowest BCUT2D eigenvalue weighted by molar-refractivity contribution is -0.154. The average molecular weight is 372 g/mol. The molecule has 0 spiro atoms. The molecule has 0 aliphatic carbocycles. The molecule has 0 amide bonds. The standard InChI is InChI=1S/C18H33NO5Si/c1-12(24-25(7,8)17(2,3)4)16-15(22-18(5,6)23-16)9-14(20)13-10-21-11-19-13/h10-12,14-16,20H,9H2,1-8H3/t12-,14-,15-,16+/m1/s1. The van der Waals surface area contributed by atoms with Crippen LogP contribution in [0.15, 0.2) is 17.1 Å². The molecule has 1 aliphatic rings. The van der Waals surface area contributed by atoms with Crippen LogP contribution >= 0.6 is 0 Å². The van der Waals surface area contributed by atoms with E-state index in [0.717, 1.165) is 0 Å². The van der Waals surface area contributed by atoms with Crippen LogP contribution in [0.4, 0.5) is 0 Å². The summed E-state index contributed by atoms with van der Waals surface area (Å²) in [5.74, 6) is -0.704. The van der Waals surface area contributed by atoms with Gasteiger partial charge in [0.25, 0.3) is 0 Å². The van der Waals surface area contributed by atoms with Gasteiger partial charge in [0, 0.05) is 6.42 Å². The topological polar surface area (TPSA) is 74.0 Å². The van der Waals surface area contributed by atoms with Crippen molar-refractivity contribution in [2.45, 2.75) is 96.3 Å². The van der Waals surface area contributed by atoms with Crippen LogP contribution in [0.2, 0.25) is 18.1 Å². The SMILES string of the molecule is C[C@@H](O[Si](C)(C)C(C)(C)C)[C@@H]1OC(C)(C)O[C@@H]1C[C@@H](O)c1cocn1. The highest BCUT2D eigenvalue weighted by atomic mass is 28.4. The molecule has 1 aromatic heterocycles. The Labute approximate surface area is 152 Å². The number of aliphatic hydroxyl groups excluding tert-OH is 1. The lowest BCUT2D eigenvalue weighted by Crippen LogP contribution is -2.48. The van der Waals surface area contributed by atoms with Crippen LogP contribution in [0.1, 0.15) is 59.8 Å². The molecule has 1 aromatic rings. The van der Waals surface area contributed by atoms with Crippen molar-refractivity contribution < 1.29 is 23.4 Å². The number of nitrogens with zero attached hydrogens (tertiary/aromatic N) is 1. The van der Waals surface area contributed by atoms with Crippen LogP contribution in [0.3, 0.4) is 0 Å². The number of aromatic nitrogens is 1. The predicted octanol–water partition coefficient (Wildman–Crippen LogP) is 4.03. The van der Waals surface area contributed by atoms with Crippen LogP contribution in [-0.2, 0) is 13.9 Å². The van der Waals surface area contributed by atoms with Crippen LogP contribution < -0.4 is 0 Å². The molecule has 2 heterocycles. The lowest BCUT2D eigenvalue weighted by Gasteiger charge is -2.40. The first-order valence-corrected chi connectivity index (χ1v) is 11.8. The fourth-order valence-corrected chi connectivity index (χ4v) is 4.30. The van der Waals surface area contributed by atoms with Gasteiger partial charge in [0.2, 0.25) is 0 Å². The summed E-state index contributed by atoms with van der Waals surface area (Å²) in [6.07, 6.45) is 1.74. The molecule has 6 nitrogen and oxygen atoms in total. The van der Waals surface area contributed by atoms with E-state index in [0.29, 0.717) is 12.1 Å². The van der Waals surface area contributed by atoms with Gasteiger partial charge in [-0.05, 0) is 38.9 Å². The summed E-state index contributed by atoms with van der Waals surface area (Å²) in [6.45, 7) is 16.9. The Bertz CT molecular complexity index is 552. The Morgan fingerprint density at radius 3 is 2.48 bits per heavy atom. The summed E-state index contributed by atoms with van der Waals surface area (Å²) < 4.78 is 23.6. The second-order valence-electron chi connectivity index (χ2n) is 8.89. The van der Waals surface area contributed by atoms with Crippen molar-refractivity contribution >= 4 is 8.32 Å². The van der Waals surface area contributed by atoms with E-state index in [4.69, 9.17) is 18.3 Å². The van der Waals surface area contributed by atoms with Crippen molar-refractivity contribution in [3.63, 3.8) is 0 Å². The fraction of sp³-hybridized carbons (Fsp3) is 0.833. The largest absolute Gasteiger partial charge is 0.451 e. The molecule has 0 radical (unpaired) electrons. The number of ether oxygens (including phenoxy) is 2. The summed E-state index contributed by atoms with van der Waals surface area (Å²) >= 11 is 0. The van der Waals surface area contributed by atoms with E-state index in [2.05, 4.69) is 38.8 Å². The van der Waals surface area contributed by atoms with E-state index < -0.39 is 20.2 Å². The highest BCUT2D eigenvalue weighted by Gasteiger charge is 2.48. The molecule has 1 saturated heterocycles. The normalized spacial score (nSPS) is 26.6. The van der Waals surface area contributed by atoms with Gasteiger partial charge in [-0.15, -0.1) is 0 Å². The lowest BCUT2D eigenvalue weighted by atomic mass is 10.0. The maximum Gasteiger partial charge on any atom is 0.192 e. The number of oxazole rings is 1. The molecule has 7 heteroatoms. The fourth-order valence-electron chi connectivity index (χ4n) is 2.88. The molecular formula is C18H33NO5Si. The third kappa shape index (κ3) is 4.92. The van der Waals surface area contributed by atoms with Crippen molar-refractivity contribution in [2.75, 3.05) is 0 Å². The Kier molecular flexibility index (Phi) is 5.86. The molecule has 144 valence electrons. The molecule has 0 saturated carbocycles. The minimum absolute atomic E-state index is 0.117. The first kappa shape index (κ1) is 20.6. The van der Waals surface area contributed by atoms with Crippen LogP contribution in [0.25, 0.3) is 0 Å². The monoisotopic (exact) mass is 371 g/mol. The molecule has 4 atom stereocenters. The summed E-state index contributed by atoms with van der Waals surface area (Å²) in [5, 5.41) is 10.5. The van der Waals surface area contributed by atoms with Gasteiger partial charge in [-0.2, -0.15) is 0 Å². The van der Waals surface area contributed by atoms with E-state index in [1.807, 2.05) is 20.8 Å². The molecular weight excluding hydrogens is 338 g/mol.